The fourth-order valence-electron chi connectivity index (χ4n) is 4.45. The van der Waals surface area contributed by atoms with Crippen molar-refractivity contribution in [3.05, 3.63) is 64.9 Å². The average molecular weight is 536 g/mol. The van der Waals surface area contributed by atoms with E-state index in [1.54, 1.807) is 0 Å². The number of unbranched alkanes of at least 4 members (excludes halogenated alkanes) is 2. The second-order valence-corrected chi connectivity index (χ2v) is 9.28. The molecule has 0 radical (unpaired) electrons. The van der Waals surface area contributed by atoms with E-state index in [-0.39, 0.29) is 12.3 Å². The normalized spacial score (nSPS) is 15.1. The van der Waals surface area contributed by atoms with Crippen LogP contribution in [-0.2, 0) is 33.6 Å². The zero-order valence-electron chi connectivity index (χ0n) is 21.4. The minimum atomic E-state index is -4.85. The van der Waals surface area contributed by atoms with E-state index in [0.29, 0.717) is 7.11 Å². The number of halogens is 3. The number of aryl methyl sites for hydroxylation is 2. The molecular formula is C28H34F3N2O5+. The predicted octanol–water partition coefficient (Wildman–Crippen LogP) is 4.41. The fraction of sp³-hybridized carbons (Fsp3) is 0.464. The Labute approximate surface area is 220 Å². The van der Waals surface area contributed by atoms with Crippen molar-refractivity contribution in [1.29, 1.82) is 0 Å². The lowest BCUT2D eigenvalue weighted by atomic mass is 9.93. The summed E-state index contributed by atoms with van der Waals surface area (Å²) in [6, 6.07) is 10.5. The van der Waals surface area contributed by atoms with Crippen molar-refractivity contribution in [2.24, 2.45) is 0 Å². The van der Waals surface area contributed by atoms with Gasteiger partial charge in [-0.25, -0.2) is 9.78 Å². The predicted molar refractivity (Wildman–Crippen MR) is 134 cm³/mol. The minimum absolute atomic E-state index is 0.102. The third kappa shape index (κ3) is 8.86. The number of ether oxygens (including phenoxy) is 2. The molecule has 0 bridgehead atoms. The third-order valence-electron chi connectivity index (χ3n) is 6.44. The van der Waals surface area contributed by atoms with Gasteiger partial charge in [0.2, 0.25) is 5.82 Å². The Hall–Kier alpha value is -3.40. The van der Waals surface area contributed by atoms with Crippen molar-refractivity contribution in [1.82, 2.24) is 4.98 Å². The second-order valence-electron chi connectivity index (χ2n) is 9.28. The number of hydrogen-bond acceptors (Lipinski definition) is 5. The van der Waals surface area contributed by atoms with Crippen LogP contribution in [0.25, 0.3) is 0 Å². The van der Waals surface area contributed by atoms with E-state index >= 15 is 0 Å². The highest BCUT2D eigenvalue weighted by molar-refractivity contribution is 5.75. The maximum atomic E-state index is 11.3. The summed E-state index contributed by atoms with van der Waals surface area (Å²) in [5.41, 5.74) is 4.79. The number of carboxylic acids is 1. The van der Waals surface area contributed by atoms with Gasteiger partial charge in [-0.05, 0) is 61.4 Å². The number of carboxylic acid groups (broad SMARTS) is 1. The van der Waals surface area contributed by atoms with E-state index in [2.05, 4.69) is 40.4 Å². The molecule has 10 heteroatoms. The number of carbonyl (C=O) groups is 2. The number of quaternary nitrogens is 1. The van der Waals surface area contributed by atoms with Crippen molar-refractivity contribution in [3.8, 4) is 5.75 Å². The van der Waals surface area contributed by atoms with Crippen LogP contribution in [-0.4, -0.2) is 48.5 Å². The van der Waals surface area contributed by atoms with Crippen molar-refractivity contribution < 1.29 is 42.7 Å². The molecule has 1 unspecified atom stereocenters. The molecule has 1 aromatic carbocycles. The van der Waals surface area contributed by atoms with Crippen LogP contribution in [0.2, 0.25) is 0 Å². The summed E-state index contributed by atoms with van der Waals surface area (Å²) < 4.78 is 41.9. The standard InChI is InChI=1S/C25H30N2O3.C3H3F3O2/c28-24(29)17-20(21-10-9-18-13-15-30-23(18)16-21)6-3-1-2-4-8-22-12-11-19-7-5-14-26-25(19)27-22;1-8-2(7)3(4,5)6/h3,6,9-12,16,20H,1-2,4-5,7-8,13-15,17H2,(H,26,27)(H,28,29);1H3/p+1/b6-3+;. The number of carbonyl (C=O) groups excluding carboxylic acids is 1. The number of alkyl halides is 3. The highest BCUT2D eigenvalue weighted by Crippen LogP contribution is 2.31. The number of aliphatic carboxylic acids is 1. The SMILES string of the molecule is COC(=O)C(F)(F)F.O=C(O)CC(/C=C/CCCCc1ccc2c(n1)[NH2+]CCC2)c1ccc2c(c1)OCC2. The van der Waals surface area contributed by atoms with E-state index in [9.17, 15) is 27.9 Å². The zero-order valence-corrected chi connectivity index (χ0v) is 21.4. The Morgan fingerprint density at radius 1 is 1.18 bits per heavy atom. The first kappa shape index (κ1) is 29.2. The number of pyridine rings is 1. The molecule has 1 atom stereocenters. The van der Waals surface area contributed by atoms with E-state index < -0.39 is 18.1 Å². The number of hydrogen-bond donors (Lipinski definition) is 2. The van der Waals surface area contributed by atoms with Crippen LogP contribution in [0.1, 0.15) is 60.4 Å². The number of benzene rings is 1. The minimum Gasteiger partial charge on any atom is -0.493 e. The van der Waals surface area contributed by atoms with Gasteiger partial charge in [0.1, 0.15) is 5.75 Å². The van der Waals surface area contributed by atoms with Gasteiger partial charge in [0, 0.05) is 30.0 Å². The first-order valence-corrected chi connectivity index (χ1v) is 12.8. The van der Waals surface area contributed by atoms with Crippen molar-refractivity contribution >= 4 is 17.8 Å². The monoisotopic (exact) mass is 535 g/mol. The maximum Gasteiger partial charge on any atom is 0.490 e. The Kier molecular flexibility index (Phi) is 10.7. The van der Waals surface area contributed by atoms with E-state index in [4.69, 9.17) is 9.72 Å². The van der Waals surface area contributed by atoms with Crippen LogP contribution in [0.15, 0.2) is 42.5 Å². The van der Waals surface area contributed by atoms with Crippen molar-refractivity contribution in [2.45, 2.75) is 63.5 Å². The van der Waals surface area contributed by atoms with Gasteiger partial charge >= 0.3 is 18.1 Å². The van der Waals surface area contributed by atoms with Gasteiger partial charge in [0.05, 0.1) is 26.7 Å². The van der Waals surface area contributed by atoms with Gasteiger partial charge in [0.25, 0.3) is 0 Å². The molecule has 0 saturated carbocycles. The molecule has 38 heavy (non-hydrogen) atoms. The highest BCUT2D eigenvalue weighted by Gasteiger charge is 2.40. The summed E-state index contributed by atoms with van der Waals surface area (Å²) in [5.74, 6) is -0.965. The van der Waals surface area contributed by atoms with E-state index in [0.717, 1.165) is 63.0 Å². The van der Waals surface area contributed by atoms with Crippen LogP contribution < -0.4 is 10.1 Å². The lowest BCUT2D eigenvalue weighted by molar-refractivity contribution is -0.579. The van der Waals surface area contributed by atoms with E-state index in [1.165, 1.54) is 29.1 Å². The molecule has 7 nitrogen and oxygen atoms in total. The molecule has 2 aliphatic heterocycles. The topological polar surface area (TPSA) is 102 Å². The largest absolute Gasteiger partial charge is 0.493 e. The molecule has 4 rings (SSSR count). The number of esters is 1. The summed E-state index contributed by atoms with van der Waals surface area (Å²) in [4.78, 5) is 25.6. The van der Waals surface area contributed by atoms with Gasteiger partial charge < -0.3 is 14.6 Å². The Morgan fingerprint density at radius 2 is 1.97 bits per heavy atom. The molecule has 1 aromatic heterocycles. The lowest BCUT2D eigenvalue weighted by Crippen LogP contribution is -2.80. The van der Waals surface area contributed by atoms with Gasteiger partial charge in [-0.3, -0.25) is 10.1 Å². The summed E-state index contributed by atoms with van der Waals surface area (Å²) in [6.45, 7) is 1.86. The highest BCUT2D eigenvalue weighted by atomic mass is 19.4. The molecule has 3 heterocycles. The van der Waals surface area contributed by atoms with Crippen molar-refractivity contribution in [2.75, 3.05) is 20.3 Å². The van der Waals surface area contributed by atoms with Crippen LogP contribution in [0, 0.1) is 0 Å². The van der Waals surface area contributed by atoms with Crippen LogP contribution in [0.4, 0.5) is 19.0 Å². The molecule has 2 aromatic rings. The first-order chi connectivity index (χ1) is 18.2. The summed E-state index contributed by atoms with van der Waals surface area (Å²) in [7, 11) is 0.676. The Bertz CT molecular complexity index is 1130. The number of rotatable bonds is 9. The van der Waals surface area contributed by atoms with Gasteiger partial charge in [-0.2, -0.15) is 13.2 Å². The molecular weight excluding hydrogens is 501 g/mol. The van der Waals surface area contributed by atoms with Gasteiger partial charge in [-0.15, -0.1) is 0 Å². The summed E-state index contributed by atoms with van der Waals surface area (Å²) in [6.07, 6.45) is 6.88. The van der Waals surface area contributed by atoms with Gasteiger partial charge in [-0.1, -0.05) is 24.3 Å². The Balaban J connectivity index is 0.000000436. The smallest absolute Gasteiger partial charge is 0.490 e. The number of aromatic nitrogens is 1. The fourth-order valence-corrected chi connectivity index (χ4v) is 4.45. The molecule has 2 aliphatic rings. The molecule has 3 N–H and O–H groups in total. The van der Waals surface area contributed by atoms with Crippen LogP contribution in [0.3, 0.4) is 0 Å². The lowest BCUT2D eigenvalue weighted by Gasteiger charge is -2.13. The van der Waals surface area contributed by atoms with Crippen LogP contribution >= 0.6 is 0 Å². The summed E-state index contributed by atoms with van der Waals surface area (Å²) in [5, 5.41) is 11.6. The van der Waals surface area contributed by atoms with Gasteiger partial charge in [0.15, 0.2) is 0 Å². The third-order valence-corrected chi connectivity index (χ3v) is 6.44. The van der Waals surface area contributed by atoms with Crippen LogP contribution in [0.5, 0.6) is 5.75 Å². The number of allylic oxidation sites excluding steroid dienone is 2. The molecule has 0 spiro atoms. The average Bonchev–Trinajstić information content (AvgIpc) is 3.37. The maximum absolute atomic E-state index is 11.3. The summed E-state index contributed by atoms with van der Waals surface area (Å²) >= 11 is 0. The number of nitrogens with two attached hydrogens (primary N) is 1. The number of fused-ring (bicyclic) bond motifs is 2. The quantitative estimate of drug-likeness (QED) is 0.280. The van der Waals surface area contributed by atoms with Crippen molar-refractivity contribution in [3.63, 3.8) is 0 Å². The first-order valence-electron chi connectivity index (χ1n) is 12.8. The number of nitrogens with zero attached hydrogens (tertiary/aromatic N) is 1. The number of methoxy groups -OCH3 is 1. The second kappa shape index (κ2) is 13.9. The zero-order chi connectivity index (χ0) is 27.5. The molecule has 206 valence electrons. The molecule has 0 amide bonds. The Morgan fingerprint density at radius 3 is 2.68 bits per heavy atom. The molecule has 0 saturated heterocycles. The molecule has 0 fully saturated rings. The molecule has 0 aliphatic carbocycles. The van der Waals surface area contributed by atoms with E-state index in [1.807, 2.05) is 12.1 Å².